The number of amides is 2. The summed E-state index contributed by atoms with van der Waals surface area (Å²) >= 11 is 1.35. The molecule has 1 aliphatic heterocycles. The third-order valence-electron chi connectivity index (χ3n) is 6.50. The van der Waals surface area contributed by atoms with Gasteiger partial charge in [-0.25, -0.2) is 18.2 Å². The van der Waals surface area contributed by atoms with E-state index in [0.29, 0.717) is 11.5 Å². The maximum absolute atomic E-state index is 13.9. The number of benzene rings is 1. The molecule has 2 unspecified atom stereocenters. The number of aliphatic imine (C=N–C) groups is 1. The monoisotopic (exact) mass is 613 g/mol. The molecule has 13 heteroatoms. The van der Waals surface area contributed by atoms with Gasteiger partial charge in [-0.3, -0.25) is 9.78 Å². The van der Waals surface area contributed by atoms with Gasteiger partial charge >= 0.3 is 6.09 Å². The van der Waals surface area contributed by atoms with Gasteiger partial charge in [-0.15, -0.1) is 11.3 Å². The van der Waals surface area contributed by atoms with E-state index in [4.69, 9.17) is 4.74 Å². The van der Waals surface area contributed by atoms with Crippen molar-refractivity contribution in [1.82, 2.24) is 19.9 Å². The molecule has 1 aliphatic carbocycles. The fraction of sp³-hybridized carbons (Fsp3) is 0.379. The summed E-state index contributed by atoms with van der Waals surface area (Å²) in [6.45, 7) is 5.10. The SMILES string of the molecule is CC(=O)NC1=CC2=CC=C(S(=O)(=O)N(CC(C)C)CC(O)C(Cc3ccccc3)NC(=O)OCc3cncs3)CC2=N1. The van der Waals surface area contributed by atoms with Crippen LogP contribution in [-0.2, 0) is 32.6 Å². The minimum absolute atomic E-state index is 0.0323. The molecule has 2 amide bonds. The number of aliphatic hydroxyl groups is 1. The molecule has 224 valence electrons. The van der Waals surface area contributed by atoms with Gasteiger partial charge in [-0.1, -0.05) is 50.3 Å². The molecule has 42 heavy (non-hydrogen) atoms. The standard InChI is InChI=1S/C29H35N5O6S2/c1-19(2)15-34(42(38,39)24-10-9-22-12-28(31-20(3)35)32-25(22)13-24)16-27(36)26(11-21-7-5-4-6-8-21)33-29(37)40-17-23-14-30-18-41-23/h4-10,12,14,18-19,26-27,36H,11,13,15-17H2,1-3H3,(H,31,35)(H,33,37). The van der Waals surface area contributed by atoms with E-state index in [1.807, 2.05) is 44.2 Å². The molecule has 11 nitrogen and oxygen atoms in total. The Morgan fingerprint density at radius 1 is 1.17 bits per heavy atom. The smallest absolute Gasteiger partial charge is 0.407 e. The maximum atomic E-state index is 13.9. The quantitative estimate of drug-likeness (QED) is 0.314. The predicted molar refractivity (Wildman–Crippen MR) is 161 cm³/mol. The highest BCUT2D eigenvalue weighted by molar-refractivity contribution is 7.93. The van der Waals surface area contributed by atoms with Crippen molar-refractivity contribution in [3.05, 3.63) is 87.0 Å². The van der Waals surface area contributed by atoms with Gasteiger partial charge in [-0.05, 0) is 30.1 Å². The van der Waals surface area contributed by atoms with Crippen LogP contribution in [0.15, 0.2) is 81.6 Å². The van der Waals surface area contributed by atoms with Gasteiger partial charge in [0.1, 0.15) is 12.4 Å². The lowest BCUT2D eigenvalue weighted by atomic mass is 10.0. The zero-order valence-corrected chi connectivity index (χ0v) is 25.3. The largest absolute Gasteiger partial charge is 0.444 e. The molecule has 0 saturated carbocycles. The summed E-state index contributed by atoms with van der Waals surface area (Å²) in [6, 6.07) is 8.48. The second-order valence-corrected chi connectivity index (χ2v) is 13.4. The first kappa shape index (κ1) is 31.3. The number of fused-ring (bicyclic) bond motifs is 1. The highest BCUT2D eigenvalue weighted by Crippen LogP contribution is 2.29. The number of alkyl carbamates (subject to hydrolysis) is 1. The molecule has 2 atom stereocenters. The van der Waals surface area contributed by atoms with Crippen LogP contribution >= 0.6 is 11.3 Å². The Morgan fingerprint density at radius 3 is 2.60 bits per heavy atom. The molecule has 3 N–H and O–H groups in total. The Kier molecular flexibility index (Phi) is 10.4. The van der Waals surface area contributed by atoms with Gasteiger partial charge in [0, 0.05) is 38.2 Å². The van der Waals surface area contributed by atoms with Crippen LogP contribution < -0.4 is 10.6 Å². The molecule has 0 saturated heterocycles. The molecule has 0 fully saturated rings. The minimum atomic E-state index is -4.02. The van der Waals surface area contributed by atoms with E-state index in [1.165, 1.54) is 28.6 Å². The summed E-state index contributed by atoms with van der Waals surface area (Å²) in [5.41, 5.74) is 3.77. The van der Waals surface area contributed by atoms with Gasteiger partial charge in [-0.2, -0.15) is 4.31 Å². The Balaban J connectivity index is 1.51. The van der Waals surface area contributed by atoms with E-state index < -0.39 is 28.3 Å². The number of ether oxygens (including phenoxy) is 1. The molecule has 2 heterocycles. The van der Waals surface area contributed by atoms with Crippen LogP contribution in [0.2, 0.25) is 0 Å². The van der Waals surface area contributed by atoms with Crippen molar-refractivity contribution in [3.8, 4) is 0 Å². The van der Waals surface area contributed by atoms with Crippen molar-refractivity contribution in [3.63, 3.8) is 0 Å². The summed E-state index contributed by atoms with van der Waals surface area (Å²) in [5.74, 6) is 0.0557. The van der Waals surface area contributed by atoms with E-state index >= 15 is 0 Å². The third kappa shape index (κ3) is 8.44. The zero-order valence-electron chi connectivity index (χ0n) is 23.7. The molecule has 4 rings (SSSR count). The number of carbonyl (C=O) groups is 2. The number of hydrogen-bond donors (Lipinski definition) is 3. The Bertz CT molecular complexity index is 1500. The van der Waals surface area contributed by atoms with Crippen LogP contribution in [0.3, 0.4) is 0 Å². The van der Waals surface area contributed by atoms with E-state index in [9.17, 15) is 23.1 Å². The van der Waals surface area contributed by atoms with Gasteiger partial charge in [0.15, 0.2) is 0 Å². The van der Waals surface area contributed by atoms with Gasteiger partial charge in [0.05, 0.1) is 33.2 Å². The maximum Gasteiger partial charge on any atom is 0.407 e. The molecule has 0 bridgehead atoms. The molecule has 2 aromatic rings. The third-order valence-corrected chi connectivity index (χ3v) is 9.18. The molecular weight excluding hydrogens is 578 g/mol. The molecular formula is C29H35N5O6S2. The number of hydrogen-bond acceptors (Lipinski definition) is 9. The Labute approximate surface area is 249 Å². The lowest BCUT2D eigenvalue weighted by molar-refractivity contribution is -0.118. The molecule has 0 radical (unpaired) electrons. The first-order chi connectivity index (χ1) is 20.0. The number of carbonyl (C=O) groups excluding carboxylic acids is 2. The second-order valence-electron chi connectivity index (χ2n) is 10.5. The first-order valence-electron chi connectivity index (χ1n) is 13.5. The topological polar surface area (TPSA) is 150 Å². The summed E-state index contributed by atoms with van der Waals surface area (Å²) < 4.78 is 34.4. The van der Waals surface area contributed by atoms with Crippen molar-refractivity contribution in [2.24, 2.45) is 10.9 Å². The number of aromatic nitrogens is 1. The van der Waals surface area contributed by atoms with Gasteiger partial charge < -0.3 is 20.5 Å². The second kappa shape index (κ2) is 14.0. The van der Waals surface area contributed by atoms with Gasteiger partial charge in [0.25, 0.3) is 0 Å². The number of sulfonamides is 1. The highest BCUT2D eigenvalue weighted by atomic mass is 32.2. The fourth-order valence-corrected chi connectivity index (χ4v) is 6.80. The molecule has 1 aromatic heterocycles. The van der Waals surface area contributed by atoms with Crippen molar-refractivity contribution >= 4 is 39.1 Å². The zero-order chi connectivity index (χ0) is 30.3. The summed E-state index contributed by atoms with van der Waals surface area (Å²) in [5, 5.41) is 16.8. The molecule has 0 spiro atoms. The van der Waals surface area contributed by atoms with Crippen LogP contribution in [0.4, 0.5) is 4.79 Å². The van der Waals surface area contributed by atoms with Crippen LogP contribution in [0.1, 0.15) is 37.6 Å². The summed E-state index contributed by atoms with van der Waals surface area (Å²) in [7, 11) is -4.02. The van der Waals surface area contributed by atoms with E-state index in [2.05, 4.69) is 20.6 Å². The minimum Gasteiger partial charge on any atom is -0.444 e. The predicted octanol–water partition coefficient (Wildman–Crippen LogP) is 3.28. The lowest BCUT2D eigenvalue weighted by Crippen LogP contribution is -2.51. The highest BCUT2D eigenvalue weighted by Gasteiger charge is 2.34. The number of allylic oxidation sites excluding steroid dienone is 5. The lowest BCUT2D eigenvalue weighted by Gasteiger charge is -2.31. The average Bonchev–Trinajstić information content (AvgIpc) is 3.60. The number of thiazole rings is 1. The van der Waals surface area contributed by atoms with Gasteiger partial charge in [0.2, 0.25) is 15.9 Å². The fourth-order valence-electron chi connectivity index (χ4n) is 4.56. The number of aliphatic hydroxyl groups excluding tert-OH is 1. The van der Waals surface area contributed by atoms with Crippen molar-refractivity contribution in [2.45, 2.75) is 52.4 Å². The van der Waals surface area contributed by atoms with Crippen LogP contribution in [0, 0.1) is 5.92 Å². The average molecular weight is 614 g/mol. The molecule has 1 aromatic carbocycles. The number of rotatable bonds is 13. The van der Waals surface area contributed by atoms with E-state index in [-0.39, 0.29) is 49.3 Å². The summed E-state index contributed by atoms with van der Waals surface area (Å²) in [6.07, 6.45) is 4.83. The summed E-state index contributed by atoms with van der Waals surface area (Å²) in [4.78, 5) is 33.4. The van der Waals surface area contributed by atoms with Crippen LogP contribution in [0.25, 0.3) is 0 Å². The van der Waals surface area contributed by atoms with Crippen molar-refractivity contribution < 1.29 is 27.9 Å². The normalized spacial score (nSPS) is 16.1. The first-order valence-corrected chi connectivity index (χ1v) is 15.8. The van der Waals surface area contributed by atoms with E-state index in [0.717, 1.165) is 16.0 Å². The Morgan fingerprint density at radius 2 is 1.93 bits per heavy atom. The van der Waals surface area contributed by atoms with Crippen LogP contribution in [-0.4, -0.2) is 65.8 Å². The van der Waals surface area contributed by atoms with Crippen LogP contribution in [0.5, 0.6) is 0 Å². The Hall–Kier alpha value is -3.65. The number of nitrogens with one attached hydrogen (secondary N) is 2. The number of nitrogens with zero attached hydrogens (tertiary/aromatic N) is 3. The van der Waals surface area contributed by atoms with Crippen molar-refractivity contribution in [2.75, 3.05) is 13.1 Å². The van der Waals surface area contributed by atoms with Crippen molar-refractivity contribution in [1.29, 1.82) is 0 Å². The molecule has 2 aliphatic rings. The van der Waals surface area contributed by atoms with E-state index in [1.54, 1.807) is 23.9 Å².